The molecule has 0 bridgehead atoms. The van der Waals surface area contributed by atoms with Gasteiger partial charge in [-0.25, -0.2) is 14.3 Å². The maximum Gasteiger partial charge on any atom is 0.416 e. The van der Waals surface area contributed by atoms with Crippen LogP contribution in [0.15, 0.2) is 22.9 Å². The number of aromatic nitrogens is 3. The molecule has 0 spiro atoms. The summed E-state index contributed by atoms with van der Waals surface area (Å²) < 4.78 is 19.9. The minimum absolute atomic E-state index is 0.159. The van der Waals surface area contributed by atoms with Crippen LogP contribution in [0, 0.1) is 0 Å². The predicted octanol–water partition coefficient (Wildman–Crippen LogP) is 5.27. The molecule has 8 nitrogen and oxygen atoms in total. The lowest BCUT2D eigenvalue weighted by Crippen LogP contribution is -2.42. The molecule has 2 rings (SSSR count). The van der Waals surface area contributed by atoms with Crippen LogP contribution in [0.5, 0.6) is 0 Å². The normalized spacial score (nSPS) is 12.9. The minimum atomic E-state index is -1.80. The van der Waals surface area contributed by atoms with E-state index in [1.54, 1.807) is 23.0 Å². The average Bonchev–Trinajstić information content (AvgIpc) is 2.99. The lowest BCUT2D eigenvalue weighted by atomic mass is 10.2. The topological polar surface area (TPSA) is 78.2 Å². The second-order valence-electron chi connectivity index (χ2n) is 9.90. The van der Waals surface area contributed by atoms with Gasteiger partial charge in [0, 0.05) is 6.20 Å². The Kier molecular flexibility index (Phi) is 8.29. The Morgan fingerprint density at radius 2 is 1.84 bits per heavy atom. The number of amides is 1. The molecule has 2 heterocycles. The molecule has 0 radical (unpaired) electrons. The summed E-state index contributed by atoms with van der Waals surface area (Å²) in [6.07, 6.45) is 2.95. The number of carbonyl (C=O) groups is 1. The van der Waals surface area contributed by atoms with Crippen molar-refractivity contribution in [2.24, 2.45) is 0 Å². The van der Waals surface area contributed by atoms with Crippen molar-refractivity contribution in [1.82, 2.24) is 14.6 Å². The van der Waals surface area contributed by atoms with Gasteiger partial charge in [-0.15, -0.1) is 0 Å². The molecule has 0 saturated heterocycles. The molecule has 0 aliphatic carbocycles. The molecule has 0 aromatic carbocycles. The average molecular weight is 516 g/mol. The van der Waals surface area contributed by atoms with Crippen molar-refractivity contribution in [3.8, 4) is 0 Å². The number of ether oxygens (including phenoxy) is 2. The number of rotatable bonds is 8. The van der Waals surface area contributed by atoms with Crippen LogP contribution in [0.1, 0.15) is 41.5 Å². The Balaban J connectivity index is 2.01. The van der Waals surface area contributed by atoms with Gasteiger partial charge in [-0.2, -0.15) is 5.10 Å². The number of anilines is 1. The number of halogens is 1. The van der Waals surface area contributed by atoms with Crippen molar-refractivity contribution in [2.75, 3.05) is 31.3 Å². The third kappa shape index (κ3) is 7.26. The van der Waals surface area contributed by atoms with Gasteiger partial charge in [0.05, 0.1) is 37.0 Å². The van der Waals surface area contributed by atoms with Gasteiger partial charge in [0.1, 0.15) is 11.4 Å². The Morgan fingerprint density at radius 3 is 2.45 bits per heavy atom. The van der Waals surface area contributed by atoms with E-state index in [2.05, 4.69) is 59.9 Å². The molecule has 0 atom stereocenters. The van der Waals surface area contributed by atoms with E-state index in [0.717, 1.165) is 4.47 Å². The van der Waals surface area contributed by atoms with Crippen molar-refractivity contribution in [3.63, 3.8) is 0 Å². The molecule has 0 saturated carbocycles. The van der Waals surface area contributed by atoms with E-state index in [1.807, 2.05) is 20.8 Å². The largest absolute Gasteiger partial charge is 0.443 e. The van der Waals surface area contributed by atoms with Crippen LogP contribution in [-0.4, -0.2) is 61.0 Å². The number of fused-ring (bicyclic) bond motifs is 1. The molecule has 2 aromatic rings. The van der Waals surface area contributed by atoms with E-state index in [4.69, 9.17) is 13.9 Å². The first-order valence-electron chi connectivity index (χ1n) is 10.4. The van der Waals surface area contributed by atoms with Crippen LogP contribution in [0.4, 0.5) is 10.6 Å². The third-order valence-electron chi connectivity index (χ3n) is 5.16. The van der Waals surface area contributed by atoms with Gasteiger partial charge in [0.25, 0.3) is 0 Å². The summed E-state index contributed by atoms with van der Waals surface area (Å²) in [5.41, 5.74) is 0.00356. The zero-order valence-electron chi connectivity index (χ0n) is 19.9. The van der Waals surface area contributed by atoms with Gasteiger partial charge in [0.15, 0.2) is 14.0 Å². The maximum absolute atomic E-state index is 12.8. The maximum atomic E-state index is 12.8. The molecule has 1 amide bonds. The van der Waals surface area contributed by atoms with E-state index in [9.17, 15) is 4.79 Å². The third-order valence-corrected chi connectivity index (χ3v) is 10.3. The fraction of sp³-hybridized carbons (Fsp3) is 0.667. The van der Waals surface area contributed by atoms with Crippen LogP contribution in [-0.2, 0) is 13.9 Å². The lowest BCUT2D eigenvalue weighted by Gasteiger charge is -2.36. The summed E-state index contributed by atoms with van der Waals surface area (Å²) in [4.78, 5) is 18.9. The Bertz CT molecular complexity index is 890. The Hall–Kier alpha value is -1.49. The van der Waals surface area contributed by atoms with Crippen molar-refractivity contribution in [1.29, 1.82) is 0 Å². The molecule has 0 aliphatic heterocycles. The summed E-state index contributed by atoms with van der Waals surface area (Å²) in [7, 11) is -1.80. The zero-order chi connectivity index (χ0) is 23.4. The molecular weight excluding hydrogens is 480 g/mol. The highest BCUT2D eigenvalue weighted by atomic mass is 79.9. The summed E-state index contributed by atoms with van der Waals surface area (Å²) in [6, 6.07) is 1.73. The molecule has 0 fully saturated rings. The van der Waals surface area contributed by atoms with Gasteiger partial charge in [-0.05, 0) is 60.9 Å². The van der Waals surface area contributed by atoms with Gasteiger partial charge < -0.3 is 13.9 Å². The van der Waals surface area contributed by atoms with E-state index < -0.39 is 20.0 Å². The first kappa shape index (κ1) is 25.8. The Morgan fingerprint density at radius 1 is 1.16 bits per heavy atom. The number of hydrogen-bond acceptors (Lipinski definition) is 6. The van der Waals surface area contributed by atoms with Crippen molar-refractivity contribution < 1.29 is 18.7 Å². The van der Waals surface area contributed by atoms with Gasteiger partial charge in [-0.3, -0.25) is 4.90 Å². The molecule has 0 unspecified atom stereocenters. The summed E-state index contributed by atoms with van der Waals surface area (Å²) in [6.45, 7) is 18.2. The Labute approximate surface area is 194 Å². The van der Waals surface area contributed by atoms with Gasteiger partial charge in [0.2, 0.25) is 0 Å². The molecular formula is C21H35BrN4O4Si. The first-order valence-corrected chi connectivity index (χ1v) is 14.1. The molecule has 0 N–H and O–H groups in total. The fourth-order valence-corrected chi connectivity index (χ4v) is 3.82. The van der Waals surface area contributed by atoms with E-state index in [-0.39, 0.29) is 5.04 Å². The van der Waals surface area contributed by atoms with E-state index in [0.29, 0.717) is 37.8 Å². The quantitative estimate of drug-likeness (QED) is 0.352. The second kappa shape index (κ2) is 9.97. The standard InChI is InChI=1S/C21H35BrN4O4Si/c1-20(2,3)30-19(27)25(17-9-10-26-18(24-17)16(22)15-23-26)11-12-28-13-14-29-31(7,8)21(4,5)6/h9-10,15H,11-14H2,1-8H3. The SMILES string of the molecule is CC(C)(C)OC(=O)N(CCOCCO[Si](C)(C)C(C)(C)C)c1ccn2ncc(Br)c2n1. The highest BCUT2D eigenvalue weighted by molar-refractivity contribution is 9.10. The van der Waals surface area contributed by atoms with Crippen LogP contribution in [0.3, 0.4) is 0 Å². The molecule has 10 heteroatoms. The summed E-state index contributed by atoms with van der Waals surface area (Å²) in [5.74, 6) is 0.476. The van der Waals surface area contributed by atoms with Crippen LogP contribution in [0.2, 0.25) is 18.1 Å². The predicted molar refractivity (Wildman–Crippen MR) is 128 cm³/mol. The van der Waals surface area contributed by atoms with Crippen LogP contribution < -0.4 is 4.90 Å². The first-order chi connectivity index (χ1) is 14.2. The zero-order valence-corrected chi connectivity index (χ0v) is 22.4. The highest BCUT2D eigenvalue weighted by Crippen LogP contribution is 2.36. The molecule has 31 heavy (non-hydrogen) atoms. The van der Waals surface area contributed by atoms with Crippen LogP contribution >= 0.6 is 15.9 Å². The van der Waals surface area contributed by atoms with Crippen LogP contribution in [0.25, 0.3) is 5.65 Å². The lowest BCUT2D eigenvalue weighted by molar-refractivity contribution is 0.0549. The van der Waals surface area contributed by atoms with Crippen molar-refractivity contribution in [2.45, 2.75) is 65.3 Å². The molecule has 0 aliphatic rings. The number of nitrogens with zero attached hydrogens (tertiary/aromatic N) is 4. The van der Waals surface area contributed by atoms with Gasteiger partial charge >= 0.3 is 6.09 Å². The van der Waals surface area contributed by atoms with E-state index in [1.165, 1.54) is 4.90 Å². The second-order valence-corrected chi connectivity index (χ2v) is 15.6. The monoisotopic (exact) mass is 514 g/mol. The fourth-order valence-electron chi connectivity index (χ4n) is 2.43. The van der Waals surface area contributed by atoms with Crippen molar-refractivity contribution in [3.05, 3.63) is 22.9 Å². The van der Waals surface area contributed by atoms with Gasteiger partial charge in [-0.1, -0.05) is 20.8 Å². The van der Waals surface area contributed by atoms with Crippen molar-refractivity contribution >= 4 is 41.8 Å². The highest BCUT2D eigenvalue weighted by Gasteiger charge is 2.36. The molecule has 174 valence electrons. The van der Waals surface area contributed by atoms with E-state index >= 15 is 0 Å². The smallest absolute Gasteiger partial charge is 0.416 e. The summed E-state index contributed by atoms with van der Waals surface area (Å²) >= 11 is 3.43. The minimum Gasteiger partial charge on any atom is -0.443 e. The molecule has 2 aromatic heterocycles. The summed E-state index contributed by atoms with van der Waals surface area (Å²) in [5, 5.41) is 4.35. The number of hydrogen-bond donors (Lipinski definition) is 0. The number of carbonyl (C=O) groups excluding carboxylic acids is 1.